The van der Waals surface area contributed by atoms with Crippen LogP contribution in [0.2, 0.25) is 0 Å². The van der Waals surface area contributed by atoms with Crippen molar-refractivity contribution in [3.63, 3.8) is 0 Å². The van der Waals surface area contributed by atoms with Crippen LogP contribution in [0, 0.1) is 0 Å². The minimum Gasteiger partial charge on any atom is -0.479 e. The van der Waals surface area contributed by atoms with Crippen LogP contribution in [0.1, 0.15) is 18.5 Å². The number of carbonyl (C=O) groups is 2. The SMILES string of the molecule is CCN(C=O)C(C(=O)O)c1cccc(OC(F)(F)F)c1. The molecule has 5 nitrogen and oxygen atoms in total. The molecule has 1 unspecified atom stereocenters. The summed E-state index contributed by atoms with van der Waals surface area (Å²) in [6, 6.07) is 3.17. The molecule has 0 heterocycles. The summed E-state index contributed by atoms with van der Waals surface area (Å²) in [5.41, 5.74) is 0.0215. The van der Waals surface area contributed by atoms with Gasteiger partial charge in [-0.05, 0) is 24.6 Å². The van der Waals surface area contributed by atoms with Gasteiger partial charge in [-0.3, -0.25) is 4.79 Å². The van der Waals surface area contributed by atoms with Crippen LogP contribution in [-0.2, 0) is 9.59 Å². The Balaban J connectivity index is 3.12. The van der Waals surface area contributed by atoms with Gasteiger partial charge < -0.3 is 14.7 Å². The van der Waals surface area contributed by atoms with Crippen molar-refractivity contribution in [2.24, 2.45) is 0 Å². The maximum atomic E-state index is 12.1. The predicted molar refractivity (Wildman–Crippen MR) is 61.9 cm³/mol. The molecule has 0 aliphatic rings. The zero-order chi connectivity index (χ0) is 15.3. The number of carboxylic acid groups (broad SMARTS) is 1. The quantitative estimate of drug-likeness (QED) is 0.816. The number of benzene rings is 1. The van der Waals surface area contributed by atoms with Crippen molar-refractivity contribution in [1.82, 2.24) is 4.90 Å². The number of likely N-dealkylation sites (N-methyl/N-ethyl adjacent to an activating group) is 1. The fraction of sp³-hybridized carbons (Fsp3) is 0.333. The number of alkyl halides is 3. The van der Waals surface area contributed by atoms with E-state index in [1.807, 2.05) is 0 Å². The molecule has 1 rings (SSSR count). The molecule has 0 fully saturated rings. The molecule has 1 N–H and O–H groups in total. The number of carbonyl (C=O) groups excluding carboxylic acids is 1. The topological polar surface area (TPSA) is 66.8 Å². The van der Waals surface area contributed by atoms with Crippen molar-refractivity contribution in [1.29, 1.82) is 0 Å². The second-order valence-electron chi connectivity index (χ2n) is 3.80. The van der Waals surface area contributed by atoms with Gasteiger partial charge in [0.2, 0.25) is 6.41 Å². The van der Waals surface area contributed by atoms with E-state index in [9.17, 15) is 22.8 Å². The highest BCUT2D eigenvalue weighted by atomic mass is 19.4. The fourth-order valence-corrected chi connectivity index (χ4v) is 1.68. The average Bonchev–Trinajstić information content (AvgIpc) is 2.33. The first kappa shape index (κ1) is 15.8. The lowest BCUT2D eigenvalue weighted by molar-refractivity contribution is -0.274. The Labute approximate surface area is 112 Å². The van der Waals surface area contributed by atoms with Crippen LogP contribution in [0.5, 0.6) is 5.75 Å². The fourth-order valence-electron chi connectivity index (χ4n) is 1.68. The summed E-state index contributed by atoms with van der Waals surface area (Å²) in [5.74, 6) is -1.88. The number of amides is 1. The minimum absolute atomic E-state index is 0.0215. The van der Waals surface area contributed by atoms with Crippen molar-refractivity contribution in [2.45, 2.75) is 19.3 Å². The molecule has 20 heavy (non-hydrogen) atoms. The summed E-state index contributed by atoms with van der Waals surface area (Å²) >= 11 is 0. The highest BCUT2D eigenvalue weighted by Gasteiger charge is 2.32. The summed E-state index contributed by atoms with van der Waals surface area (Å²) in [7, 11) is 0. The summed E-state index contributed by atoms with van der Waals surface area (Å²) in [5, 5.41) is 9.12. The van der Waals surface area contributed by atoms with Crippen LogP contribution in [0.3, 0.4) is 0 Å². The lowest BCUT2D eigenvalue weighted by Crippen LogP contribution is -2.33. The van der Waals surface area contributed by atoms with Crippen molar-refractivity contribution in [3.05, 3.63) is 29.8 Å². The second kappa shape index (κ2) is 6.27. The van der Waals surface area contributed by atoms with E-state index in [1.54, 1.807) is 6.92 Å². The van der Waals surface area contributed by atoms with Gasteiger partial charge in [-0.25, -0.2) is 4.79 Å². The van der Waals surface area contributed by atoms with E-state index in [4.69, 9.17) is 5.11 Å². The number of nitrogens with zero attached hydrogens (tertiary/aromatic N) is 1. The number of halogens is 3. The van der Waals surface area contributed by atoms with Crippen LogP contribution in [0.4, 0.5) is 13.2 Å². The number of carboxylic acids is 1. The molecule has 0 saturated carbocycles. The van der Waals surface area contributed by atoms with Gasteiger partial charge in [0.15, 0.2) is 6.04 Å². The van der Waals surface area contributed by atoms with Crippen LogP contribution < -0.4 is 4.74 Å². The maximum Gasteiger partial charge on any atom is 0.573 e. The van der Waals surface area contributed by atoms with Gasteiger partial charge in [0.05, 0.1) is 0 Å². The van der Waals surface area contributed by atoms with Crippen LogP contribution in [-0.4, -0.2) is 35.3 Å². The van der Waals surface area contributed by atoms with E-state index in [-0.39, 0.29) is 12.1 Å². The molecule has 0 bridgehead atoms. The largest absolute Gasteiger partial charge is 0.573 e. The molecule has 0 aliphatic heterocycles. The minimum atomic E-state index is -4.87. The van der Waals surface area contributed by atoms with Crippen molar-refractivity contribution in [2.75, 3.05) is 6.54 Å². The van der Waals surface area contributed by atoms with Gasteiger partial charge in [-0.15, -0.1) is 13.2 Å². The zero-order valence-corrected chi connectivity index (χ0v) is 10.4. The van der Waals surface area contributed by atoms with Crippen LogP contribution in [0.15, 0.2) is 24.3 Å². The average molecular weight is 291 g/mol. The third-order valence-corrected chi connectivity index (χ3v) is 2.47. The number of aliphatic carboxylic acids is 1. The van der Waals surface area contributed by atoms with Gasteiger partial charge in [0.1, 0.15) is 5.75 Å². The van der Waals surface area contributed by atoms with E-state index in [2.05, 4.69) is 4.74 Å². The Hall–Kier alpha value is -2.25. The highest BCUT2D eigenvalue weighted by molar-refractivity contribution is 5.78. The Bertz CT molecular complexity index is 490. The monoisotopic (exact) mass is 291 g/mol. The van der Waals surface area contributed by atoms with E-state index < -0.39 is 24.1 Å². The molecule has 0 spiro atoms. The molecule has 1 aromatic rings. The van der Waals surface area contributed by atoms with Gasteiger partial charge >= 0.3 is 12.3 Å². The zero-order valence-electron chi connectivity index (χ0n) is 10.4. The van der Waals surface area contributed by atoms with Crippen LogP contribution in [0.25, 0.3) is 0 Å². The first-order valence-corrected chi connectivity index (χ1v) is 5.58. The Morgan fingerprint density at radius 2 is 2.15 bits per heavy atom. The number of ether oxygens (including phenoxy) is 1. The molecular weight excluding hydrogens is 279 g/mol. The molecule has 1 aromatic carbocycles. The lowest BCUT2D eigenvalue weighted by atomic mass is 10.1. The standard InChI is InChI=1S/C12H12F3NO4/c1-2-16(7-17)10(11(18)19)8-4-3-5-9(6-8)20-12(13,14)15/h3-7,10H,2H2,1H3,(H,18,19). The van der Waals surface area contributed by atoms with Gasteiger partial charge in [-0.1, -0.05) is 12.1 Å². The van der Waals surface area contributed by atoms with Gasteiger partial charge in [0, 0.05) is 6.54 Å². The Kier molecular flexibility index (Phi) is 4.95. The number of hydrogen-bond donors (Lipinski definition) is 1. The number of rotatable bonds is 6. The van der Waals surface area contributed by atoms with E-state index in [1.165, 1.54) is 12.1 Å². The summed E-state index contributed by atoms with van der Waals surface area (Å²) in [6.45, 7) is 1.66. The Morgan fingerprint density at radius 1 is 1.50 bits per heavy atom. The van der Waals surface area contributed by atoms with Crippen molar-refractivity contribution >= 4 is 12.4 Å². The van der Waals surface area contributed by atoms with Crippen molar-refractivity contribution in [3.8, 4) is 5.75 Å². The van der Waals surface area contributed by atoms with Gasteiger partial charge in [-0.2, -0.15) is 0 Å². The molecule has 0 radical (unpaired) electrons. The normalized spacial score (nSPS) is 12.6. The first-order valence-electron chi connectivity index (χ1n) is 5.58. The summed E-state index contributed by atoms with van der Waals surface area (Å²) < 4.78 is 40.1. The second-order valence-corrected chi connectivity index (χ2v) is 3.80. The molecule has 1 atom stereocenters. The summed E-state index contributed by atoms with van der Waals surface area (Å²) in [4.78, 5) is 23.0. The summed E-state index contributed by atoms with van der Waals surface area (Å²) in [6.07, 6.45) is -4.54. The van der Waals surface area contributed by atoms with E-state index in [0.29, 0.717) is 6.41 Å². The van der Waals surface area contributed by atoms with Crippen LogP contribution >= 0.6 is 0 Å². The molecule has 0 saturated heterocycles. The maximum absolute atomic E-state index is 12.1. The smallest absolute Gasteiger partial charge is 0.479 e. The molecule has 8 heteroatoms. The third kappa shape index (κ3) is 4.15. The molecule has 110 valence electrons. The van der Waals surface area contributed by atoms with Crippen molar-refractivity contribution < 1.29 is 32.6 Å². The third-order valence-electron chi connectivity index (χ3n) is 2.47. The molecule has 1 amide bonds. The Morgan fingerprint density at radius 3 is 2.60 bits per heavy atom. The molecule has 0 aromatic heterocycles. The van der Waals surface area contributed by atoms with E-state index >= 15 is 0 Å². The first-order chi connectivity index (χ1) is 9.28. The van der Waals surface area contributed by atoms with E-state index in [0.717, 1.165) is 17.0 Å². The predicted octanol–water partition coefficient (Wildman–Crippen LogP) is 2.19. The molecule has 0 aliphatic carbocycles. The lowest BCUT2D eigenvalue weighted by Gasteiger charge is -2.24. The molecular formula is C12H12F3NO4. The number of hydrogen-bond acceptors (Lipinski definition) is 3. The van der Waals surface area contributed by atoms with Gasteiger partial charge in [0.25, 0.3) is 0 Å². The highest BCUT2D eigenvalue weighted by Crippen LogP contribution is 2.27.